The molecule has 2 aromatic carbocycles. The first-order valence-corrected chi connectivity index (χ1v) is 14.3. The molecule has 0 spiro atoms. The smallest absolute Gasteiger partial charge is 0.305 e. The van der Waals surface area contributed by atoms with Crippen LogP contribution in [0, 0.1) is 12.8 Å². The number of Topliss-reactive ketones (excluding diaryl/α,β-unsaturated/α-hetero) is 1. The zero-order valence-electron chi connectivity index (χ0n) is 24.0. The molecule has 0 fully saturated rings. The number of ketones is 1. The Morgan fingerprint density at radius 2 is 1.81 bits per heavy atom. The number of methoxy groups -OCH3 is 1. The minimum atomic E-state index is -1.36. The van der Waals surface area contributed by atoms with E-state index in [0.717, 1.165) is 4.90 Å². The molecule has 3 N–H and O–H groups in total. The van der Waals surface area contributed by atoms with Crippen molar-refractivity contribution in [3.63, 3.8) is 0 Å². The van der Waals surface area contributed by atoms with E-state index in [4.69, 9.17) is 14.0 Å². The standard InChI is InChI=1S/C29H34N4O8S/c1-16(2)27(32-25(35)13-19-12-18(10-11-22(19)39-4)29-30-17(3)33-41-29)28(38)31-20(14-26(36)37)21(34)15-40-23-8-6-7-9-24(23)42-5/h6-12,16,20,27H,13-15H2,1-5H3,(H,31,38)(H,32,35)(H,36,37)/t20-,27-/m0/s1. The minimum Gasteiger partial charge on any atom is -0.496 e. The fraction of sp³-hybridized carbons (Fsp3) is 0.379. The summed E-state index contributed by atoms with van der Waals surface area (Å²) in [6, 6.07) is 9.78. The van der Waals surface area contributed by atoms with Gasteiger partial charge < -0.3 is 29.7 Å². The second kappa shape index (κ2) is 15.0. The predicted octanol–water partition coefficient (Wildman–Crippen LogP) is 3.07. The molecule has 3 aromatic rings. The van der Waals surface area contributed by atoms with E-state index in [0.29, 0.717) is 28.5 Å². The van der Waals surface area contributed by atoms with E-state index in [2.05, 4.69) is 20.8 Å². The molecule has 2 amide bonds. The highest BCUT2D eigenvalue weighted by Gasteiger charge is 2.30. The number of carbonyl (C=O) groups is 4. The zero-order valence-corrected chi connectivity index (χ0v) is 24.8. The molecule has 12 nitrogen and oxygen atoms in total. The molecule has 0 aliphatic carbocycles. The van der Waals surface area contributed by atoms with Gasteiger partial charge in [-0.25, -0.2) is 0 Å². The summed E-state index contributed by atoms with van der Waals surface area (Å²) in [4.78, 5) is 55.8. The van der Waals surface area contributed by atoms with Crippen molar-refractivity contribution in [2.45, 2.75) is 50.6 Å². The number of rotatable bonds is 15. The molecule has 0 saturated heterocycles. The summed E-state index contributed by atoms with van der Waals surface area (Å²) < 4.78 is 16.2. The summed E-state index contributed by atoms with van der Waals surface area (Å²) >= 11 is 1.43. The number of aryl methyl sites for hydroxylation is 1. The second-order valence-corrected chi connectivity index (χ2v) is 10.6. The molecule has 2 atom stereocenters. The Hall–Kier alpha value is -4.39. The van der Waals surface area contributed by atoms with Gasteiger partial charge in [0.05, 0.1) is 20.0 Å². The van der Waals surface area contributed by atoms with Gasteiger partial charge in [0.1, 0.15) is 30.2 Å². The first-order valence-electron chi connectivity index (χ1n) is 13.1. The molecule has 1 aromatic heterocycles. The van der Waals surface area contributed by atoms with Gasteiger partial charge in [-0.05, 0) is 49.4 Å². The number of para-hydroxylation sites is 1. The number of ether oxygens (including phenoxy) is 2. The molecule has 224 valence electrons. The first kappa shape index (κ1) is 32.1. The van der Waals surface area contributed by atoms with Gasteiger partial charge in [0.15, 0.2) is 11.6 Å². The van der Waals surface area contributed by atoms with Crippen molar-refractivity contribution < 1.29 is 38.3 Å². The van der Waals surface area contributed by atoms with Gasteiger partial charge in [-0.1, -0.05) is 31.1 Å². The van der Waals surface area contributed by atoms with Crippen LogP contribution in [0.3, 0.4) is 0 Å². The average Bonchev–Trinajstić information content (AvgIpc) is 3.40. The van der Waals surface area contributed by atoms with Crippen molar-refractivity contribution in [2.24, 2.45) is 5.92 Å². The number of hydrogen-bond acceptors (Lipinski definition) is 10. The summed E-state index contributed by atoms with van der Waals surface area (Å²) in [6.07, 6.45) is 1.08. The maximum atomic E-state index is 13.2. The lowest BCUT2D eigenvalue weighted by Gasteiger charge is -2.25. The number of carboxylic acids is 1. The summed E-state index contributed by atoms with van der Waals surface area (Å²) in [5.74, 6) is -1.78. The molecule has 0 unspecified atom stereocenters. The van der Waals surface area contributed by atoms with Gasteiger partial charge in [0.2, 0.25) is 11.8 Å². The summed E-state index contributed by atoms with van der Waals surface area (Å²) in [5.41, 5.74) is 1.11. The number of benzene rings is 2. The highest BCUT2D eigenvalue weighted by atomic mass is 32.2. The molecule has 0 saturated carbocycles. The summed E-state index contributed by atoms with van der Waals surface area (Å²) in [7, 11) is 1.47. The first-order chi connectivity index (χ1) is 20.0. The fourth-order valence-corrected chi connectivity index (χ4v) is 4.61. The second-order valence-electron chi connectivity index (χ2n) is 9.70. The van der Waals surface area contributed by atoms with Crippen molar-refractivity contribution in [1.82, 2.24) is 20.8 Å². The van der Waals surface area contributed by atoms with Crippen LogP contribution < -0.4 is 20.1 Å². The Balaban J connectivity index is 1.70. The number of aliphatic carboxylic acids is 1. The molecule has 1 heterocycles. The number of aromatic nitrogens is 2. The predicted molar refractivity (Wildman–Crippen MR) is 154 cm³/mol. The van der Waals surface area contributed by atoms with E-state index in [1.807, 2.05) is 18.4 Å². The molecule has 0 aliphatic heterocycles. The molecular formula is C29H34N4O8S. The van der Waals surface area contributed by atoms with Gasteiger partial charge in [0.25, 0.3) is 5.89 Å². The third-order valence-corrected chi connectivity index (χ3v) is 6.97. The topological polar surface area (TPSA) is 170 Å². The lowest BCUT2D eigenvalue weighted by molar-refractivity contribution is -0.141. The summed E-state index contributed by atoms with van der Waals surface area (Å²) in [6.45, 7) is 4.69. The van der Waals surface area contributed by atoms with Crippen LogP contribution >= 0.6 is 11.8 Å². The number of nitrogens with zero attached hydrogens (tertiary/aromatic N) is 2. The largest absolute Gasteiger partial charge is 0.496 e. The van der Waals surface area contributed by atoms with Crippen LogP contribution in [0.5, 0.6) is 11.5 Å². The van der Waals surface area contributed by atoms with Gasteiger partial charge >= 0.3 is 5.97 Å². The minimum absolute atomic E-state index is 0.138. The van der Waals surface area contributed by atoms with Gasteiger partial charge in [-0.15, -0.1) is 11.8 Å². The maximum absolute atomic E-state index is 13.2. The van der Waals surface area contributed by atoms with Crippen molar-refractivity contribution in [1.29, 1.82) is 0 Å². The van der Waals surface area contributed by atoms with Crippen LogP contribution in [-0.4, -0.2) is 70.9 Å². The van der Waals surface area contributed by atoms with Gasteiger partial charge in [-0.3, -0.25) is 19.2 Å². The summed E-state index contributed by atoms with van der Waals surface area (Å²) in [5, 5.41) is 18.4. The number of hydrogen-bond donors (Lipinski definition) is 3. The van der Waals surface area contributed by atoms with E-state index in [9.17, 15) is 24.3 Å². The van der Waals surface area contributed by atoms with E-state index in [1.54, 1.807) is 51.1 Å². The van der Waals surface area contributed by atoms with Crippen LogP contribution in [0.25, 0.3) is 11.5 Å². The molecular weight excluding hydrogens is 564 g/mol. The number of thioether (sulfide) groups is 1. The van der Waals surface area contributed by atoms with Gasteiger partial charge in [-0.2, -0.15) is 4.98 Å². The molecule has 0 aliphatic rings. The maximum Gasteiger partial charge on any atom is 0.305 e. The van der Waals surface area contributed by atoms with E-state index in [1.165, 1.54) is 18.9 Å². The SMILES string of the molecule is COc1ccc(-c2nc(C)no2)cc1CC(=O)N[C@H](C(=O)N[C@@H](CC(=O)O)C(=O)COc1ccccc1SC)C(C)C. The van der Waals surface area contributed by atoms with E-state index >= 15 is 0 Å². The van der Waals surface area contributed by atoms with E-state index < -0.39 is 48.7 Å². The highest BCUT2D eigenvalue weighted by Crippen LogP contribution is 2.27. The lowest BCUT2D eigenvalue weighted by atomic mass is 10.0. The monoisotopic (exact) mass is 598 g/mol. The Morgan fingerprint density at radius 1 is 1.07 bits per heavy atom. The quantitative estimate of drug-likeness (QED) is 0.220. The Morgan fingerprint density at radius 3 is 2.43 bits per heavy atom. The molecule has 13 heteroatoms. The Bertz CT molecular complexity index is 1420. The lowest BCUT2D eigenvalue weighted by Crippen LogP contribution is -2.54. The molecule has 3 rings (SSSR count). The third-order valence-electron chi connectivity index (χ3n) is 6.19. The molecule has 0 bridgehead atoms. The van der Waals surface area contributed by atoms with Crippen molar-refractivity contribution in [3.8, 4) is 23.0 Å². The van der Waals surface area contributed by atoms with Crippen LogP contribution in [-0.2, 0) is 25.6 Å². The van der Waals surface area contributed by atoms with Crippen molar-refractivity contribution in [3.05, 3.63) is 53.9 Å². The highest BCUT2D eigenvalue weighted by molar-refractivity contribution is 7.98. The number of carbonyl (C=O) groups excluding carboxylic acids is 3. The number of nitrogens with one attached hydrogen (secondary N) is 2. The van der Waals surface area contributed by atoms with Crippen LogP contribution in [0.15, 0.2) is 51.9 Å². The Labute approximate surface area is 247 Å². The van der Waals surface area contributed by atoms with Crippen molar-refractivity contribution >= 4 is 35.3 Å². The molecule has 42 heavy (non-hydrogen) atoms. The van der Waals surface area contributed by atoms with Crippen LogP contribution in [0.4, 0.5) is 0 Å². The van der Waals surface area contributed by atoms with E-state index in [-0.39, 0.29) is 18.2 Å². The van der Waals surface area contributed by atoms with Crippen molar-refractivity contribution in [2.75, 3.05) is 20.0 Å². The molecule has 0 radical (unpaired) electrons. The van der Waals surface area contributed by atoms with Gasteiger partial charge in [0, 0.05) is 16.0 Å². The zero-order chi connectivity index (χ0) is 30.8. The normalized spacial score (nSPS) is 12.3. The fourth-order valence-electron chi connectivity index (χ4n) is 4.07. The number of carboxylic acid groups (broad SMARTS) is 1. The average molecular weight is 599 g/mol. The Kier molecular flexibility index (Phi) is 11.5. The van der Waals surface area contributed by atoms with Crippen LogP contribution in [0.1, 0.15) is 31.7 Å². The van der Waals surface area contributed by atoms with Crippen LogP contribution in [0.2, 0.25) is 0 Å². The third kappa shape index (κ3) is 8.80. The number of amides is 2.